The Balaban J connectivity index is 1.37. The van der Waals surface area contributed by atoms with Gasteiger partial charge in [0.15, 0.2) is 0 Å². The van der Waals surface area contributed by atoms with Crippen molar-refractivity contribution in [3.8, 4) is 17.2 Å². The van der Waals surface area contributed by atoms with Crippen LogP contribution in [0.3, 0.4) is 0 Å². The van der Waals surface area contributed by atoms with Gasteiger partial charge in [0.2, 0.25) is 5.95 Å². The SMILES string of the molecule is c1ccc(-c2nc(-n3c4cc5c6ccccc6n6c7ccccc7c(c4c4ccc7ccccc7c43)c56)nc3c2ccc2ccccc23)cc1. The molecule has 50 heavy (non-hydrogen) atoms. The quantitative estimate of drug-likeness (QED) is 0.177. The minimum absolute atomic E-state index is 0.672. The van der Waals surface area contributed by atoms with Crippen LogP contribution in [-0.2, 0) is 0 Å². The van der Waals surface area contributed by atoms with E-state index < -0.39 is 0 Å². The van der Waals surface area contributed by atoms with Gasteiger partial charge in [0.05, 0.1) is 38.8 Å². The molecule has 4 aromatic heterocycles. The Morgan fingerprint density at radius 2 is 1.00 bits per heavy atom. The van der Waals surface area contributed by atoms with Gasteiger partial charge in [-0.05, 0) is 35.0 Å². The average molecular weight is 635 g/mol. The Hall–Kier alpha value is -6.78. The normalized spacial score (nSPS) is 12.4. The van der Waals surface area contributed by atoms with Crippen LogP contribution >= 0.6 is 0 Å². The zero-order valence-electron chi connectivity index (χ0n) is 26.8. The summed E-state index contributed by atoms with van der Waals surface area (Å²) in [4.78, 5) is 11.0. The fourth-order valence-electron chi connectivity index (χ4n) is 8.75. The first-order valence-electron chi connectivity index (χ1n) is 17.1. The maximum absolute atomic E-state index is 5.53. The Kier molecular flexibility index (Phi) is 4.94. The third-order valence-corrected chi connectivity index (χ3v) is 10.8. The number of aromatic nitrogens is 4. The molecule has 0 amide bonds. The van der Waals surface area contributed by atoms with E-state index in [2.05, 4.69) is 167 Å². The van der Waals surface area contributed by atoms with E-state index in [0.29, 0.717) is 5.95 Å². The summed E-state index contributed by atoms with van der Waals surface area (Å²) < 4.78 is 4.81. The van der Waals surface area contributed by atoms with E-state index in [9.17, 15) is 0 Å². The topological polar surface area (TPSA) is 35.1 Å². The van der Waals surface area contributed by atoms with E-state index in [1.807, 2.05) is 0 Å². The van der Waals surface area contributed by atoms with Crippen molar-refractivity contribution in [3.63, 3.8) is 0 Å². The van der Waals surface area contributed by atoms with Crippen LogP contribution in [0.15, 0.2) is 158 Å². The smallest absolute Gasteiger partial charge is 0.235 e. The first-order valence-corrected chi connectivity index (χ1v) is 17.1. The monoisotopic (exact) mass is 634 g/mol. The van der Waals surface area contributed by atoms with Gasteiger partial charge in [-0.2, -0.15) is 0 Å². The van der Waals surface area contributed by atoms with Crippen molar-refractivity contribution in [2.45, 2.75) is 0 Å². The minimum Gasteiger partial charge on any atom is -0.308 e. The van der Waals surface area contributed by atoms with Crippen LogP contribution in [0.2, 0.25) is 0 Å². The molecule has 0 bridgehead atoms. The molecular formula is C46H26N4. The molecule has 0 saturated carbocycles. The molecule has 0 aliphatic rings. The number of fused-ring (bicyclic) bond motifs is 15. The van der Waals surface area contributed by atoms with Gasteiger partial charge in [-0.1, -0.05) is 133 Å². The maximum atomic E-state index is 5.53. The number of hydrogen-bond donors (Lipinski definition) is 0. The number of benzene rings is 8. The predicted octanol–water partition coefficient (Wildman–Crippen LogP) is 11.9. The van der Waals surface area contributed by atoms with Gasteiger partial charge in [0.1, 0.15) is 0 Å². The number of para-hydroxylation sites is 2. The second kappa shape index (κ2) is 9.43. The molecule has 0 saturated heterocycles. The molecule has 0 aliphatic heterocycles. The van der Waals surface area contributed by atoms with Gasteiger partial charge in [0.25, 0.3) is 0 Å². The van der Waals surface area contributed by atoms with Crippen LogP contribution < -0.4 is 0 Å². The summed E-state index contributed by atoms with van der Waals surface area (Å²) in [6, 6.07) is 56.8. The molecule has 0 unspecified atom stereocenters. The molecule has 0 spiro atoms. The Labute approximate surface area is 285 Å². The molecular weight excluding hydrogens is 609 g/mol. The highest BCUT2D eigenvalue weighted by Crippen LogP contribution is 2.47. The molecule has 0 radical (unpaired) electrons. The molecule has 230 valence electrons. The highest BCUT2D eigenvalue weighted by Gasteiger charge is 2.26. The molecule has 4 nitrogen and oxygen atoms in total. The lowest BCUT2D eigenvalue weighted by Gasteiger charge is -2.14. The molecule has 8 aromatic carbocycles. The van der Waals surface area contributed by atoms with Gasteiger partial charge < -0.3 is 4.40 Å². The van der Waals surface area contributed by atoms with E-state index >= 15 is 0 Å². The summed E-state index contributed by atoms with van der Waals surface area (Å²) >= 11 is 0. The Morgan fingerprint density at radius 3 is 1.80 bits per heavy atom. The summed E-state index contributed by atoms with van der Waals surface area (Å²) in [5.41, 5.74) is 8.90. The molecule has 0 N–H and O–H groups in total. The molecule has 0 fully saturated rings. The van der Waals surface area contributed by atoms with Crippen molar-refractivity contribution in [1.82, 2.24) is 18.9 Å². The third kappa shape index (κ3) is 3.25. The molecule has 0 aliphatic carbocycles. The second-order valence-electron chi connectivity index (χ2n) is 13.4. The first-order chi connectivity index (χ1) is 24.8. The van der Waals surface area contributed by atoms with Crippen molar-refractivity contribution >= 4 is 92.3 Å². The predicted molar refractivity (Wildman–Crippen MR) is 209 cm³/mol. The van der Waals surface area contributed by atoms with Crippen molar-refractivity contribution in [3.05, 3.63) is 158 Å². The van der Waals surface area contributed by atoms with Gasteiger partial charge in [-0.3, -0.25) is 4.57 Å². The summed E-state index contributed by atoms with van der Waals surface area (Å²) in [5.74, 6) is 0.672. The zero-order valence-corrected chi connectivity index (χ0v) is 26.8. The van der Waals surface area contributed by atoms with Crippen molar-refractivity contribution in [2.24, 2.45) is 0 Å². The van der Waals surface area contributed by atoms with Crippen molar-refractivity contribution in [2.75, 3.05) is 0 Å². The Morgan fingerprint density at radius 1 is 0.380 bits per heavy atom. The second-order valence-corrected chi connectivity index (χ2v) is 13.4. The standard InChI is InChI=1S/C46H26N4/c1-2-14-29(15-3-1)42-35-25-23-27-12-4-6-16-30(27)43(35)48-46(47-42)50-39-26-36-32-18-8-10-20-37(32)49-38-21-11-9-19-33(38)41(45(36)49)40(39)34-24-22-28-13-5-7-17-31(28)44(34)50/h1-26H. The molecule has 12 aromatic rings. The van der Waals surface area contributed by atoms with Gasteiger partial charge in [-0.25, -0.2) is 9.97 Å². The fraction of sp³-hybridized carbons (Fsp3) is 0. The number of nitrogens with zero attached hydrogens (tertiary/aromatic N) is 4. The van der Waals surface area contributed by atoms with Gasteiger partial charge >= 0.3 is 0 Å². The average Bonchev–Trinajstić information content (AvgIpc) is 3.82. The largest absolute Gasteiger partial charge is 0.308 e. The van der Waals surface area contributed by atoms with Crippen LogP contribution in [0.5, 0.6) is 0 Å². The molecule has 4 heteroatoms. The summed E-state index contributed by atoms with van der Waals surface area (Å²) in [6.45, 7) is 0. The molecule has 0 atom stereocenters. The van der Waals surface area contributed by atoms with Crippen LogP contribution in [0.4, 0.5) is 0 Å². The summed E-state index contributed by atoms with van der Waals surface area (Å²) in [5, 5.41) is 13.1. The Bertz CT molecular complexity index is 3370. The van der Waals surface area contributed by atoms with E-state index in [1.165, 1.54) is 59.6 Å². The highest BCUT2D eigenvalue weighted by molar-refractivity contribution is 6.37. The lowest BCUT2D eigenvalue weighted by molar-refractivity contribution is 1.02. The van der Waals surface area contributed by atoms with Gasteiger partial charge in [0, 0.05) is 54.0 Å². The lowest BCUT2D eigenvalue weighted by atomic mass is 10.0. The summed E-state index contributed by atoms with van der Waals surface area (Å²) in [6.07, 6.45) is 0. The van der Waals surface area contributed by atoms with Crippen LogP contribution in [0.25, 0.3) is 110 Å². The maximum Gasteiger partial charge on any atom is 0.235 e. The van der Waals surface area contributed by atoms with Crippen molar-refractivity contribution < 1.29 is 0 Å². The van der Waals surface area contributed by atoms with E-state index in [4.69, 9.17) is 9.97 Å². The number of hydrogen-bond acceptors (Lipinski definition) is 2. The van der Waals surface area contributed by atoms with Crippen LogP contribution in [0, 0.1) is 0 Å². The molecule has 12 rings (SSSR count). The summed E-state index contributed by atoms with van der Waals surface area (Å²) in [7, 11) is 0. The third-order valence-electron chi connectivity index (χ3n) is 10.8. The van der Waals surface area contributed by atoms with E-state index in [0.717, 1.165) is 44.0 Å². The lowest BCUT2D eigenvalue weighted by Crippen LogP contribution is -2.04. The van der Waals surface area contributed by atoms with E-state index in [1.54, 1.807) is 0 Å². The molecule has 4 heterocycles. The zero-order chi connectivity index (χ0) is 32.5. The van der Waals surface area contributed by atoms with Crippen molar-refractivity contribution in [1.29, 1.82) is 0 Å². The number of rotatable bonds is 2. The van der Waals surface area contributed by atoms with Crippen LogP contribution in [0.1, 0.15) is 0 Å². The van der Waals surface area contributed by atoms with Crippen LogP contribution in [-0.4, -0.2) is 18.9 Å². The van der Waals surface area contributed by atoms with Gasteiger partial charge in [-0.15, -0.1) is 0 Å². The fourth-order valence-corrected chi connectivity index (χ4v) is 8.75. The first kappa shape index (κ1) is 26.2. The highest BCUT2D eigenvalue weighted by atomic mass is 15.2. The minimum atomic E-state index is 0.672. The van der Waals surface area contributed by atoms with E-state index in [-0.39, 0.29) is 0 Å².